The number of nitrogens with zero attached hydrogens (tertiary/aromatic N) is 4. The fourth-order valence-electron chi connectivity index (χ4n) is 4.96. The quantitative estimate of drug-likeness (QED) is 0.463. The molecule has 1 fully saturated rings. The number of carbonyl (C=O) groups excluding carboxylic acids is 1. The zero-order valence-electron chi connectivity index (χ0n) is 21.4. The van der Waals surface area contributed by atoms with E-state index in [0.717, 1.165) is 79.0 Å². The maximum absolute atomic E-state index is 13.8. The second-order valence-electron chi connectivity index (χ2n) is 9.66. The van der Waals surface area contributed by atoms with Crippen molar-refractivity contribution in [2.24, 2.45) is 0 Å². The number of aryl methyl sites for hydroxylation is 1. The second kappa shape index (κ2) is 11.2. The molecule has 6 nitrogen and oxygen atoms in total. The Morgan fingerprint density at radius 3 is 2.40 bits per heavy atom. The average Bonchev–Trinajstić information content (AvgIpc) is 3.13. The third-order valence-corrected chi connectivity index (χ3v) is 7.02. The van der Waals surface area contributed by atoms with Crippen molar-refractivity contribution in [3.8, 4) is 5.75 Å². The van der Waals surface area contributed by atoms with E-state index >= 15 is 0 Å². The van der Waals surface area contributed by atoms with Crippen LogP contribution in [-0.2, 0) is 13.0 Å². The van der Waals surface area contributed by atoms with Gasteiger partial charge in [-0.2, -0.15) is 0 Å². The van der Waals surface area contributed by atoms with Gasteiger partial charge in [0.25, 0.3) is 5.91 Å². The predicted octanol–water partition coefficient (Wildman–Crippen LogP) is 4.05. The van der Waals surface area contributed by atoms with Gasteiger partial charge < -0.3 is 19.1 Å². The normalized spacial score (nSPS) is 14.7. The molecule has 0 bridgehead atoms. The lowest BCUT2D eigenvalue weighted by Crippen LogP contribution is -2.49. The fourth-order valence-corrected chi connectivity index (χ4v) is 4.96. The van der Waals surface area contributed by atoms with Crippen molar-refractivity contribution in [1.29, 1.82) is 0 Å². The number of amides is 1. The van der Waals surface area contributed by atoms with Gasteiger partial charge >= 0.3 is 0 Å². The van der Waals surface area contributed by atoms with Crippen LogP contribution in [0.5, 0.6) is 5.75 Å². The van der Waals surface area contributed by atoms with Crippen molar-refractivity contribution in [2.45, 2.75) is 26.3 Å². The first-order valence-electron chi connectivity index (χ1n) is 12.4. The highest BCUT2D eigenvalue weighted by Gasteiger charge is 2.27. The summed E-state index contributed by atoms with van der Waals surface area (Å²) in [6.07, 6.45) is 1.90. The molecule has 2 aromatic carbocycles. The maximum Gasteiger partial charge on any atom is 0.256 e. The number of halogens is 1. The van der Waals surface area contributed by atoms with Crippen molar-refractivity contribution < 1.29 is 13.9 Å². The van der Waals surface area contributed by atoms with Gasteiger partial charge in [0.05, 0.1) is 12.7 Å². The van der Waals surface area contributed by atoms with Crippen LogP contribution >= 0.6 is 0 Å². The molecule has 0 atom stereocenters. The number of hydrogen-bond donors (Lipinski definition) is 0. The first-order chi connectivity index (χ1) is 16.9. The van der Waals surface area contributed by atoms with Crippen molar-refractivity contribution in [3.63, 3.8) is 0 Å². The molecule has 0 aliphatic carbocycles. The summed E-state index contributed by atoms with van der Waals surface area (Å²) in [5.41, 5.74) is 4.04. The molecule has 1 amide bonds. The van der Waals surface area contributed by atoms with Crippen LogP contribution < -0.4 is 4.74 Å². The number of fused-ring (bicyclic) bond motifs is 1. The van der Waals surface area contributed by atoms with E-state index in [2.05, 4.69) is 41.5 Å². The molecule has 35 heavy (non-hydrogen) atoms. The number of ether oxygens (including phenoxy) is 1. The summed E-state index contributed by atoms with van der Waals surface area (Å²) >= 11 is 0. The Bertz CT molecular complexity index is 1150. The van der Waals surface area contributed by atoms with Gasteiger partial charge in [0.2, 0.25) is 0 Å². The number of hydrogen-bond acceptors (Lipinski definition) is 4. The molecule has 0 radical (unpaired) electrons. The van der Waals surface area contributed by atoms with Crippen LogP contribution in [0.3, 0.4) is 0 Å². The molecular formula is C28H37FN4O2. The first kappa shape index (κ1) is 25.2. The van der Waals surface area contributed by atoms with Gasteiger partial charge in [0.15, 0.2) is 0 Å². The van der Waals surface area contributed by atoms with E-state index in [-0.39, 0.29) is 11.7 Å². The van der Waals surface area contributed by atoms with E-state index in [1.54, 1.807) is 7.11 Å². The number of rotatable bonds is 9. The molecule has 1 aliphatic heterocycles. The van der Waals surface area contributed by atoms with E-state index in [1.165, 1.54) is 12.1 Å². The lowest BCUT2D eigenvalue weighted by molar-refractivity contribution is 0.0639. The largest absolute Gasteiger partial charge is 0.497 e. The average molecular weight is 481 g/mol. The van der Waals surface area contributed by atoms with Gasteiger partial charge in [-0.05, 0) is 76.3 Å². The molecule has 0 saturated carbocycles. The van der Waals surface area contributed by atoms with E-state index in [1.807, 2.05) is 29.2 Å². The highest BCUT2D eigenvalue weighted by atomic mass is 19.1. The van der Waals surface area contributed by atoms with Crippen LogP contribution in [0.15, 0.2) is 42.5 Å². The highest BCUT2D eigenvalue weighted by Crippen LogP contribution is 2.31. The minimum atomic E-state index is -0.201. The number of benzene rings is 2. The minimum Gasteiger partial charge on any atom is -0.497 e. The molecule has 2 heterocycles. The number of methoxy groups -OCH3 is 1. The van der Waals surface area contributed by atoms with Crippen LogP contribution in [-0.4, -0.2) is 85.6 Å². The third kappa shape index (κ3) is 5.85. The highest BCUT2D eigenvalue weighted by molar-refractivity contribution is 6.08. The van der Waals surface area contributed by atoms with E-state index in [0.29, 0.717) is 13.1 Å². The molecule has 0 spiro atoms. The molecular weight excluding hydrogens is 443 g/mol. The van der Waals surface area contributed by atoms with E-state index < -0.39 is 0 Å². The number of piperazine rings is 1. The van der Waals surface area contributed by atoms with Crippen LogP contribution in [0.2, 0.25) is 0 Å². The SMILES string of the molecule is COc1ccc2c(c1)c(C(=O)N1CCN(CCc3ccc(F)cc3)CC1)c(C)n2CCCN(C)C. The van der Waals surface area contributed by atoms with Crippen molar-refractivity contribution in [1.82, 2.24) is 19.3 Å². The summed E-state index contributed by atoms with van der Waals surface area (Å²) in [7, 11) is 5.83. The lowest BCUT2D eigenvalue weighted by atomic mass is 10.1. The molecule has 1 saturated heterocycles. The second-order valence-corrected chi connectivity index (χ2v) is 9.66. The zero-order valence-corrected chi connectivity index (χ0v) is 21.4. The van der Waals surface area contributed by atoms with Gasteiger partial charge in [-0.3, -0.25) is 9.69 Å². The summed E-state index contributed by atoms with van der Waals surface area (Å²) in [5, 5.41) is 0.968. The standard InChI is InChI=1S/C28H37FN4O2/c1-21-27(25-20-24(35-4)10-11-26(25)33(21)14-5-13-30(2)3)28(34)32-18-16-31(17-19-32)15-12-22-6-8-23(29)9-7-22/h6-11,20H,5,12-19H2,1-4H3. The van der Waals surface area contributed by atoms with Crippen LogP contribution in [0.4, 0.5) is 4.39 Å². The topological polar surface area (TPSA) is 41.0 Å². The Morgan fingerprint density at radius 1 is 1.03 bits per heavy atom. The summed E-state index contributed by atoms with van der Waals surface area (Å²) in [4.78, 5) is 20.3. The van der Waals surface area contributed by atoms with E-state index in [4.69, 9.17) is 4.74 Å². The van der Waals surface area contributed by atoms with Crippen LogP contribution in [0.25, 0.3) is 10.9 Å². The smallest absolute Gasteiger partial charge is 0.256 e. The summed E-state index contributed by atoms with van der Waals surface area (Å²) in [6.45, 7) is 7.95. The molecule has 7 heteroatoms. The molecule has 1 aromatic heterocycles. The number of aromatic nitrogens is 1. The van der Waals surface area contributed by atoms with Gasteiger partial charge in [-0.1, -0.05) is 12.1 Å². The maximum atomic E-state index is 13.8. The first-order valence-corrected chi connectivity index (χ1v) is 12.4. The van der Waals surface area contributed by atoms with Gasteiger partial charge in [0.1, 0.15) is 11.6 Å². The van der Waals surface area contributed by atoms with Crippen molar-refractivity contribution >= 4 is 16.8 Å². The fraction of sp³-hybridized carbons (Fsp3) is 0.464. The van der Waals surface area contributed by atoms with Gasteiger partial charge in [0, 0.05) is 55.9 Å². The summed E-state index contributed by atoms with van der Waals surface area (Å²) in [6, 6.07) is 12.8. The van der Waals surface area contributed by atoms with Crippen molar-refractivity contribution in [2.75, 3.05) is 60.5 Å². The third-order valence-electron chi connectivity index (χ3n) is 7.02. The molecule has 0 unspecified atom stereocenters. The van der Waals surface area contributed by atoms with Gasteiger partial charge in [-0.15, -0.1) is 0 Å². The zero-order chi connectivity index (χ0) is 24.9. The molecule has 0 N–H and O–H groups in total. The molecule has 4 rings (SSSR count). The van der Waals surface area contributed by atoms with Crippen LogP contribution in [0, 0.1) is 12.7 Å². The Kier molecular flexibility index (Phi) is 8.08. The Balaban J connectivity index is 1.47. The molecule has 188 valence electrons. The predicted molar refractivity (Wildman–Crippen MR) is 139 cm³/mol. The molecule has 3 aromatic rings. The Hall–Kier alpha value is -2.90. The van der Waals surface area contributed by atoms with Gasteiger partial charge in [-0.25, -0.2) is 4.39 Å². The lowest BCUT2D eigenvalue weighted by Gasteiger charge is -2.35. The van der Waals surface area contributed by atoms with E-state index in [9.17, 15) is 9.18 Å². The summed E-state index contributed by atoms with van der Waals surface area (Å²) in [5.74, 6) is 0.667. The molecule has 1 aliphatic rings. The Labute approximate surface area is 207 Å². The Morgan fingerprint density at radius 2 is 1.74 bits per heavy atom. The monoisotopic (exact) mass is 480 g/mol. The van der Waals surface area contributed by atoms with Crippen LogP contribution in [0.1, 0.15) is 28.0 Å². The summed E-state index contributed by atoms with van der Waals surface area (Å²) < 4.78 is 20.9. The van der Waals surface area contributed by atoms with Crippen molar-refractivity contribution in [3.05, 3.63) is 65.1 Å². The number of carbonyl (C=O) groups is 1. The minimum absolute atomic E-state index is 0.102.